The van der Waals surface area contributed by atoms with Crippen molar-refractivity contribution in [3.05, 3.63) is 96.2 Å². The monoisotopic (exact) mass is 318 g/mol. The number of Topliss-reactive ketones (excluding diaryl/α,β-unsaturated/α-hetero) is 1. The molecular weight excluding hydrogens is 300 g/mol. The number of pyridine rings is 1. The van der Waals surface area contributed by atoms with Crippen LogP contribution in [0, 0.1) is 0 Å². The van der Waals surface area contributed by atoms with Gasteiger partial charge in [0.1, 0.15) is 5.82 Å². The average Bonchev–Trinajstić information content (AvgIpc) is 2.68. The first-order valence-electron chi connectivity index (χ1n) is 7.66. The highest BCUT2D eigenvalue weighted by atomic mass is 16.5. The number of ether oxygens (including phenoxy) is 1. The van der Waals surface area contributed by atoms with Gasteiger partial charge >= 0.3 is 0 Å². The molecule has 3 rings (SSSR count). The van der Waals surface area contributed by atoms with Crippen molar-refractivity contribution in [3.63, 3.8) is 0 Å². The Morgan fingerprint density at radius 1 is 0.917 bits per heavy atom. The van der Waals surface area contributed by atoms with Gasteiger partial charge < -0.3 is 10.1 Å². The molecule has 0 aliphatic carbocycles. The van der Waals surface area contributed by atoms with Crippen LogP contribution in [0.5, 0.6) is 0 Å². The fourth-order valence-corrected chi connectivity index (χ4v) is 2.60. The molecule has 1 atom stereocenters. The SMILES string of the molecule is CO[C@](Nc1ccccn1)(C(=O)c1ccccc1)c1ccccc1. The van der Waals surface area contributed by atoms with Gasteiger partial charge in [0.2, 0.25) is 11.5 Å². The molecule has 1 aromatic heterocycles. The summed E-state index contributed by atoms with van der Waals surface area (Å²) < 4.78 is 5.74. The number of benzene rings is 2. The molecule has 0 bridgehead atoms. The molecule has 0 fully saturated rings. The molecule has 0 spiro atoms. The summed E-state index contributed by atoms with van der Waals surface area (Å²) in [6, 6.07) is 23.9. The third-order valence-corrected chi connectivity index (χ3v) is 3.81. The second kappa shape index (κ2) is 7.06. The van der Waals surface area contributed by atoms with Crippen molar-refractivity contribution in [2.45, 2.75) is 5.72 Å². The summed E-state index contributed by atoms with van der Waals surface area (Å²) in [7, 11) is 1.52. The van der Waals surface area contributed by atoms with Gasteiger partial charge in [0.25, 0.3) is 0 Å². The van der Waals surface area contributed by atoms with E-state index in [1.165, 1.54) is 7.11 Å². The lowest BCUT2D eigenvalue weighted by Gasteiger charge is -2.32. The predicted octanol–water partition coefficient (Wildman–Crippen LogP) is 3.88. The minimum Gasteiger partial charge on any atom is -0.348 e. The van der Waals surface area contributed by atoms with E-state index in [0.717, 1.165) is 0 Å². The van der Waals surface area contributed by atoms with Gasteiger partial charge in [-0.2, -0.15) is 0 Å². The number of ketones is 1. The number of rotatable bonds is 6. The molecule has 24 heavy (non-hydrogen) atoms. The summed E-state index contributed by atoms with van der Waals surface area (Å²) in [6.45, 7) is 0. The van der Waals surface area contributed by atoms with E-state index in [4.69, 9.17) is 4.74 Å². The Morgan fingerprint density at radius 3 is 2.12 bits per heavy atom. The third-order valence-electron chi connectivity index (χ3n) is 3.81. The van der Waals surface area contributed by atoms with Gasteiger partial charge in [-0.1, -0.05) is 66.7 Å². The average molecular weight is 318 g/mol. The number of aromatic nitrogens is 1. The number of hydrogen-bond donors (Lipinski definition) is 1. The Labute approximate surface area is 141 Å². The van der Waals surface area contributed by atoms with Crippen molar-refractivity contribution in [2.75, 3.05) is 12.4 Å². The first kappa shape index (κ1) is 15.9. The molecular formula is C20H18N2O2. The first-order valence-corrected chi connectivity index (χ1v) is 7.66. The molecule has 4 nitrogen and oxygen atoms in total. The maximum Gasteiger partial charge on any atom is 0.231 e. The van der Waals surface area contributed by atoms with Crippen LogP contribution in [0.3, 0.4) is 0 Å². The minimum absolute atomic E-state index is 0.178. The van der Waals surface area contributed by atoms with E-state index >= 15 is 0 Å². The number of anilines is 1. The summed E-state index contributed by atoms with van der Waals surface area (Å²) in [4.78, 5) is 17.6. The molecule has 0 saturated heterocycles. The molecule has 3 aromatic rings. The number of carbonyl (C=O) groups is 1. The largest absolute Gasteiger partial charge is 0.348 e. The Hall–Kier alpha value is -2.98. The molecule has 2 aromatic carbocycles. The van der Waals surface area contributed by atoms with Gasteiger partial charge in [-0.3, -0.25) is 4.79 Å². The lowest BCUT2D eigenvalue weighted by Crippen LogP contribution is -2.45. The van der Waals surface area contributed by atoms with Gasteiger partial charge in [-0.15, -0.1) is 0 Å². The van der Waals surface area contributed by atoms with Crippen molar-refractivity contribution in [1.29, 1.82) is 0 Å². The zero-order valence-corrected chi connectivity index (χ0v) is 13.3. The Morgan fingerprint density at radius 2 is 1.54 bits per heavy atom. The Bertz CT molecular complexity index is 792. The molecule has 0 aliphatic heterocycles. The van der Waals surface area contributed by atoms with Crippen LogP contribution in [-0.2, 0) is 10.5 Å². The summed E-state index contributed by atoms with van der Waals surface area (Å²) in [6.07, 6.45) is 1.67. The van der Waals surface area contributed by atoms with Crippen molar-refractivity contribution in [2.24, 2.45) is 0 Å². The molecule has 0 amide bonds. The zero-order valence-electron chi connectivity index (χ0n) is 13.3. The van der Waals surface area contributed by atoms with Crippen LogP contribution in [0.1, 0.15) is 15.9 Å². The maximum atomic E-state index is 13.3. The summed E-state index contributed by atoms with van der Waals surface area (Å²) in [5, 5.41) is 3.17. The van der Waals surface area contributed by atoms with E-state index in [1.807, 2.05) is 60.7 Å². The van der Waals surface area contributed by atoms with E-state index in [-0.39, 0.29) is 5.78 Å². The quantitative estimate of drug-likeness (QED) is 0.553. The van der Waals surface area contributed by atoms with Crippen molar-refractivity contribution in [1.82, 2.24) is 4.98 Å². The fourth-order valence-electron chi connectivity index (χ4n) is 2.60. The molecule has 0 unspecified atom stereocenters. The van der Waals surface area contributed by atoms with Crippen molar-refractivity contribution >= 4 is 11.6 Å². The van der Waals surface area contributed by atoms with Gasteiger partial charge in [0.05, 0.1) is 0 Å². The van der Waals surface area contributed by atoms with Crippen molar-refractivity contribution < 1.29 is 9.53 Å². The van der Waals surface area contributed by atoms with Crippen LogP contribution in [0.2, 0.25) is 0 Å². The highest BCUT2D eigenvalue weighted by Gasteiger charge is 2.41. The van der Waals surface area contributed by atoms with Crippen molar-refractivity contribution in [3.8, 4) is 0 Å². The predicted molar refractivity (Wildman–Crippen MR) is 93.8 cm³/mol. The van der Waals surface area contributed by atoms with E-state index in [2.05, 4.69) is 10.3 Å². The number of hydrogen-bond acceptors (Lipinski definition) is 4. The summed E-state index contributed by atoms with van der Waals surface area (Å²) in [5.41, 5.74) is -0.0737. The maximum absolute atomic E-state index is 13.3. The van der Waals surface area contributed by atoms with E-state index in [0.29, 0.717) is 16.9 Å². The van der Waals surface area contributed by atoms with Crippen LogP contribution in [-0.4, -0.2) is 17.9 Å². The molecule has 1 heterocycles. The van der Waals surface area contributed by atoms with Gasteiger partial charge in [0.15, 0.2) is 0 Å². The fraction of sp³-hybridized carbons (Fsp3) is 0.100. The van der Waals surface area contributed by atoms with E-state index in [9.17, 15) is 4.79 Å². The normalized spacial score (nSPS) is 13.0. The van der Waals surface area contributed by atoms with Crippen LogP contribution < -0.4 is 5.32 Å². The number of nitrogens with one attached hydrogen (secondary N) is 1. The number of carbonyl (C=O) groups excluding carboxylic acids is 1. The Kier molecular flexibility index (Phi) is 4.68. The Balaban J connectivity index is 2.11. The lowest BCUT2D eigenvalue weighted by molar-refractivity contribution is 0.0154. The van der Waals surface area contributed by atoms with Crippen LogP contribution in [0.25, 0.3) is 0 Å². The van der Waals surface area contributed by atoms with Crippen LogP contribution in [0.15, 0.2) is 85.1 Å². The van der Waals surface area contributed by atoms with Gasteiger partial charge in [0, 0.05) is 24.4 Å². The summed E-state index contributed by atoms with van der Waals surface area (Å²) in [5.74, 6) is 0.384. The minimum atomic E-state index is -1.35. The topological polar surface area (TPSA) is 51.2 Å². The second-order valence-electron chi connectivity index (χ2n) is 5.29. The van der Waals surface area contributed by atoms with Gasteiger partial charge in [-0.05, 0) is 12.1 Å². The molecule has 0 aliphatic rings. The molecule has 0 radical (unpaired) electrons. The van der Waals surface area contributed by atoms with E-state index < -0.39 is 5.72 Å². The highest BCUT2D eigenvalue weighted by molar-refractivity contribution is 6.04. The zero-order chi connectivity index (χ0) is 16.8. The first-order chi connectivity index (χ1) is 11.8. The van der Waals surface area contributed by atoms with Crippen LogP contribution in [0.4, 0.5) is 5.82 Å². The standard InChI is InChI=1S/C20H18N2O2/c1-24-20(17-12-6-3-7-13-17,22-18-14-8-9-15-21-18)19(23)16-10-4-2-5-11-16/h2-15H,1H3,(H,21,22)/t20-/m0/s1. The van der Waals surface area contributed by atoms with Gasteiger partial charge in [-0.25, -0.2) is 4.98 Å². The smallest absolute Gasteiger partial charge is 0.231 e. The third kappa shape index (κ3) is 3.05. The summed E-state index contributed by atoms with van der Waals surface area (Å²) >= 11 is 0. The van der Waals surface area contributed by atoms with E-state index in [1.54, 1.807) is 24.4 Å². The highest BCUT2D eigenvalue weighted by Crippen LogP contribution is 2.30. The molecule has 4 heteroatoms. The molecule has 0 saturated carbocycles. The number of methoxy groups -OCH3 is 1. The van der Waals surface area contributed by atoms with Crippen LogP contribution >= 0.6 is 0 Å². The molecule has 1 N–H and O–H groups in total. The number of nitrogens with zero attached hydrogens (tertiary/aromatic N) is 1. The second-order valence-corrected chi connectivity index (χ2v) is 5.29. The molecule has 120 valence electrons. The lowest BCUT2D eigenvalue weighted by atomic mass is 9.93.